The molecule has 0 spiro atoms. The van der Waals surface area contributed by atoms with Gasteiger partial charge in [-0.3, -0.25) is 19.7 Å². The Morgan fingerprint density at radius 1 is 1.15 bits per heavy atom. The zero-order valence-corrected chi connectivity index (χ0v) is 16.3. The summed E-state index contributed by atoms with van der Waals surface area (Å²) in [4.78, 5) is 34.1. The summed E-state index contributed by atoms with van der Waals surface area (Å²) >= 11 is 3.22. The van der Waals surface area contributed by atoms with Gasteiger partial charge in [0.2, 0.25) is 5.91 Å². The third-order valence-corrected chi connectivity index (χ3v) is 4.08. The van der Waals surface area contributed by atoms with E-state index in [0.29, 0.717) is 15.8 Å². The van der Waals surface area contributed by atoms with Crippen molar-refractivity contribution in [2.45, 2.75) is 13.8 Å². The lowest BCUT2D eigenvalue weighted by Crippen LogP contribution is -2.21. The van der Waals surface area contributed by atoms with E-state index < -0.39 is 10.8 Å². The molecule has 0 heterocycles. The number of halogens is 1. The molecule has 142 valence electrons. The van der Waals surface area contributed by atoms with Gasteiger partial charge in [-0.25, -0.2) is 0 Å². The van der Waals surface area contributed by atoms with Gasteiger partial charge in [0.25, 0.3) is 11.6 Å². The summed E-state index contributed by atoms with van der Waals surface area (Å²) in [6.45, 7) is 3.23. The fraction of sp³-hybridized carbons (Fsp3) is 0.222. The molecule has 0 radical (unpaired) electrons. The molecule has 2 rings (SSSR count). The minimum atomic E-state index is -0.545. The lowest BCUT2D eigenvalue weighted by Gasteiger charge is -2.11. The Bertz CT molecular complexity index is 870. The van der Waals surface area contributed by atoms with Crippen molar-refractivity contribution in [1.29, 1.82) is 0 Å². The molecule has 27 heavy (non-hydrogen) atoms. The van der Waals surface area contributed by atoms with E-state index in [1.54, 1.807) is 38.1 Å². The molecule has 2 amide bonds. The number of nitro groups is 1. The van der Waals surface area contributed by atoms with Crippen LogP contribution in [-0.4, -0.2) is 23.3 Å². The molecular weight excluding hydrogens is 418 g/mol. The van der Waals surface area contributed by atoms with Crippen LogP contribution < -0.4 is 15.4 Å². The van der Waals surface area contributed by atoms with E-state index in [0.717, 1.165) is 0 Å². The second kappa shape index (κ2) is 9.13. The number of nitro benzene ring substituents is 1. The largest absolute Gasteiger partial charge is 0.482 e. The molecule has 0 fully saturated rings. The molecule has 2 N–H and O–H groups in total. The van der Waals surface area contributed by atoms with Crippen molar-refractivity contribution in [3.63, 3.8) is 0 Å². The molecule has 9 heteroatoms. The maximum atomic E-state index is 12.1. The fourth-order valence-electron chi connectivity index (χ4n) is 2.02. The van der Waals surface area contributed by atoms with Crippen LogP contribution in [0.1, 0.15) is 13.8 Å². The third-order valence-electron chi connectivity index (χ3n) is 3.42. The van der Waals surface area contributed by atoms with E-state index in [9.17, 15) is 19.7 Å². The Hall–Kier alpha value is -2.94. The van der Waals surface area contributed by atoms with Crippen LogP contribution in [0, 0.1) is 16.0 Å². The van der Waals surface area contributed by atoms with Gasteiger partial charge in [-0.1, -0.05) is 19.9 Å². The average molecular weight is 436 g/mol. The number of nitrogens with one attached hydrogen (secondary N) is 2. The molecule has 0 atom stereocenters. The van der Waals surface area contributed by atoms with Crippen molar-refractivity contribution < 1.29 is 19.2 Å². The second-order valence-corrected chi connectivity index (χ2v) is 6.79. The summed E-state index contributed by atoms with van der Waals surface area (Å²) in [7, 11) is 0. The van der Waals surface area contributed by atoms with Gasteiger partial charge in [-0.05, 0) is 40.2 Å². The number of amides is 2. The molecule has 0 aliphatic carbocycles. The van der Waals surface area contributed by atoms with Gasteiger partial charge in [0.15, 0.2) is 6.61 Å². The van der Waals surface area contributed by atoms with Crippen molar-refractivity contribution in [1.82, 2.24) is 0 Å². The zero-order valence-electron chi connectivity index (χ0n) is 14.7. The van der Waals surface area contributed by atoms with Gasteiger partial charge >= 0.3 is 0 Å². The summed E-state index contributed by atoms with van der Waals surface area (Å²) in [5, 5.41) is 16.2. The highest BCUT2D eigenvalue weighted by molar-refractivity contribution is 9.10. The number of anilines is 2. The van der Waals surface area contributed by atoms with Crippen molar-refractivity contribution >= 4 is 44.8 Å². The first kappa shape index (κ1) is 20.4. The Balaban J connectivity index is 1.97. The van der Waals surface area contributed by atoms with Crippen LogP contribution in [0.25, 0.3) is 0 Å². The Morgan fingerprint density at radius 2 is 1.81 bits per heavy atom. The molecule has 8 nitrogen and oxygen atoms in total. The highest BCUT2D eigenvalue weighted by atomic mass is 79.9. The number of ether oxygens (including phenoxy) is 1. The standard InChI is InChI=1S/C18H18BrN3O5/c1-11(2)18(24)21-13-5-3-4-12(8-13)20-17(23)10-27-16-9-14(22(25)26)6-7-15(16)19/h3-9,11H,10H2,1-2H3,(H,20,23)(H,21,24). The van der Waals surface area contributed by atoms with E-state index in [2.05, 4.69) is 26.6 Å². The Morgan fingerprint density at radius 3 is 2.44 bits per heavy atom. The average Bonchev–Trinajstić information content (AvgIpc) is 2.61. The Kier molecular flexibility index (Phi) is 6.89. The molecule has 0 aliphatic rings. The summed E-state index contributed by atoms with van der Waals surface area (Å²) < 4.78 is 5.85. The first-order valence-electron chi connectivity index (χ1n) is 8.04. The molecule has 0 bridgehead atoms. The van der Waals surface area contributed by atoms with Crippen LogP contribution in [-0.2, 0) is 9.59 Å². The van der Waals surface area contributed by atoms with Crippen LogP contribution in [0.2, 0.25) is 0 Å². The van der Waals surface area contributed by atoms with Crippen molar-refractivity contribution in [2.24, 2.45) is 5.92 Å². The van der Waals surface area contributed by atoms with E-state index in [-0.39, 0.29) is 29.9 Å². The van der Waals surface area contributed by atoms with E-state index in [1.165, 1.54) is 18.2 Å². The lowest BCUT2D eigenvalue weighted by molar-refractivity contribution is -0.385. The number of non-ortho nitro benzene ring substituents is 1. The van der Waals surface area contributed by atoms with E-state index >= 15 is 0 Å². The van der Waals surface area contributed by atoms with Crippen LogP contribution in [0.4, 0.5) is 17.1 Å². The Labute approximate surface area is 164 Å². The van der Waals surface area contributed by atoms with Crippen LogP contribution in [0.5, 0.6) is 5.75 Å². The predicted molar refractivity (Wildman–Crippen MR) is 105 cm³/mol. The lowest BCUT2D eigenvalue weighted by atomic mass is 10.2. The SMILES string of the molecule is CC(C)C(=O)Nc1cccc(NC(=O)COc2cc([N+](=O)[O-])ccc2Br)c1. The fourth-order valence-corrected chi connectivity index (χ4v) is 2.38. The molecule has 0 aromatic heterocycles. The third kappa shape index (κ3) is 6.07. The van der Waals surface area contributed by atoms with Crippen molar-refractivity contribution in [2.75, 3.05) is 17.2 Å². The van der Waals surface area contributed by atoms with Crippen molar-refractivity contribution in [3.05, 3.63) is 57.1 Å². The van der Waals surface area contributed by atoms with Gasteiger partial charge in [0.05, 0.1) is 15.5 Å². The molecule has 0 saturated carbocycles. The topological polar surface area (TPSA) is 111 Å². The van der Waals surface area contributed by atoms with Gasteiger partial charge in [0, 0.05) is 23.4 Å². The number of hydrogen-bond donors (Lipinski definition) is 2. The summed E-state index contributed by atoms with van der Waals surface area (Å²) in [6.07, 6.45) is 0. The number of benzene rings is 2. The smallest absolute Gasteiger partial charge is 0.273 e. The first-order valence-corrected chi connectivity index (χ1v) is 8.83. The van der Waals surface area contributed by atoms with Gasteiger partial charge in [-0.15, -0.1) is 0 Å². The number of carbonyl (C=O) groups excluding carboxylic acids is 2. The maximum absolute atomic E-state index is 12.1. The molecule has 0 aliphatic heterocycles. The number of nitrogens with zero attached hydrogens (tertiary/aromatic N) is 1. The minimum absolute atomic E-state index is 0.127. The molecule has 2 aromatic rings. The van der Waals surface area contributed by atoms with Gasteiger partial charge in [-0.2, -0.15) is 0 Å². The van der Waals surface area contributed by atoms with E-state index in [4.69, 9.17) is 4.74 Å². The zero-order chi connectivity index (χ0) is 20.0. The first-order chi connectivity index (χ1) is 12.8. The number of carbonyl (C=O) groups is 2. The quantitative estimate of drug-likeness (QED) is 0.504. The summed E-state index contributed by atoms with van der Waals surface area (Å²) in [5.74, 6) is -0.541. The monoisotopic (exact) mass is 435 g/mol. The maximum Gasteiger partial charge on any atom is 0.273 e. The molecule has 0 unspecified atom stereocenters. The van der Waals surface area contributed by atoms with Crippen LogP contribution >= 0.6 is 15.9 Å². The van der Waals surface area contributed by atoms with Gasteiger partial charge < -0.3 is 15.4 Å². The normalized spacial score (nSPS) is 10.4. The molecule has 0 saturated heterocycles. The number of rotatable bonds is 7. The highest BCUT2D eigenvalue weighted by Crippen LogP contribution is 2.29. The van der Waals surface area contributed by atoms with E-state index in [1.807, 2.05) is 0 Å². The summed E-state index contributed by atoms with van der Waals surface area (Å²) in [6, 6.07) is 10.8. The summed E-state index contributed by atoms with van der Waals surface area (Å²) in [5.41, 5.74) is 0.916. The number of hydrogen-bond acceptors (Lipinski definition) is 5. The van der Waals surface area contributed by atoms with Gasteiger partial charge in [0.1, 0.15) is 5.75 Å². The molecular formula is C18H18BrN3O5. The minimum Gasteiger partial charge on any atom is -0.482 e. The van der Waals surface area contributed by atoms with Crippen LogP contribution in [0.3, 0.4) is 0 Å². The highest BCUT2D eigenvalue weighted by Gasteiger charge is 2.13. The van der Waals surface area contributed by atoms with Crippen LogP contribution in [0.15, 0.2) is 46.9 Å². The predicted octanol–water partition coefficient (Wildman–Crippen LogP) is 3.97. The van der Waals surface area contributed by atoms with Crippen molar-refractivity contribution in [3.8, 4) is 5.75 Å². The second-order valence-electron chi connectivity index (χ2n) is 5.93. The molecule has 2 aromatic carbocycles.